The van der Waals surface area contributed by atoms with Crippen LogP contribution in [-0.4, -0.2) is 101 Å². The lowest BCUT2D eigenvalue weighted by Crippen LogP contribution is -2.62. The Balaban J connectivity index is 1.88. The molecule has 3 rings (SSSR count). The van der Waals surface area contributed by atoms with Gasteiger partial charge >= 0.3 is 5.97 Å². The molecule has 15 nitrogen and oxygen atoms in total. The smallest absolute Gasteiger partial charge is 0.303 e. The minimum atomic E-state index is -1.28. The molecule has 2 aromatic carbocycles. The molecule has 0 radical (unpaired) electrons. The van der Waals surface area contributed by atoms with Crippen molar-refractivity contribution >= 4 is 63.8 Å². The molecule has 16 heteroatoms. The highest BCUT2D eigenvalue weighted by molar-refractivity contribution is 6.27. The Hall–Kier alpha value is -4.76. The number of hydrogen-bond donors (Lipinski definition) is 6. The Labute approximate surface area is 269 Å². The Morgan fingerprint density at radius 3 is 2.26 bits per heavy atom. The maximum Gasteiger partial charge on any atom is 0.303 e. The van der Waals surface area contributed by atoms with Crippen molar-refractivity contribution in [3.8, 4) is 0 Å². The van der Waals surface area contributed by atoms with Crippen molar-refractivity contribution in [2.45, 2.75) is 56.3 Å². The fraction of sp³-hybridized carbons (Fsp3) is 0.433. The van der Waals surface area contributed by atoms with Crippen LogP contribution in [0, 0.1) is 0 Å². The van der Waals surface area contributed by atoms with Crippen LogP contribution in [0.15, 0.2) is 42.5 Å². The summed E-state index contributed by atoms with van der Waals surface area (Å²) in [6.07, 6.45) is -1.11. The zero-order valence-corrected chi connectivity index (χ0v) is 25.7. The molecule has 0 bridgehead atoms. The SMILES string of the molecule is NC(=O)CCC(NC(=O)C(Cc1ccc2ccccc2c1)NC(=O)[C@@H]1COCCN1C(=O)C(CCC(=O)O)NC(=O)CCl)C(N)=O. The van der Waals surface area contributed by atoms with Crippen LogP contribution in [0.5, 0.6) is 0 Å². The summed E-state index contributed by atoms with van der Waals surface area (Å²) in [6.45, 7) is -0.249. The number of carbonyl (C=O) groups excluding carboxylic acids is 6. The van der Waals surface area contributed by atoms with Gasteiger partial charge in [-0.05, 0) is 29.2 Å². The van der Waals surface area contributed by atoms with Crippen molar-refractivity contribution in [3.05, 3.63) is 48.0 Å². The molecule has 4 atom stereocenters. The van der Waals surface area contributed by atoms with Gasteiger partial charge in [0.15, 0.2) is 0 Å². The highest BCUT2D eigenvalue weighted by Crippen LogP contribution is 2.18. The first kappa shape index (κ1) is 35.7. The van der Waals surface area contributed by atoms with Crippen LogP contribution in [0.4, 0.5) is 0 Å². The van der Waals surface area contributed by atoms with E-state index in [2.05, 4.69) is 16.0 Å². The van der Waals surface area contributed by atoms with Crippen LogP contribution in [0.2, 0.25) is 0 Å². The molecular weight excluding hydrogens is 624 g/mol. The minimum Gasteiger partial charge on any atom is -0.481 e. The van der Waals surface area contributed by atoms with E-state index in [1.165, 1.54) is 0 Å². The number of carboxylic acids is 1. The van der Waals surface area contributed by atoms with Gasteiger partial charge in [-0.3, -0.25) is 33.6 Å². The average Bonchev–Trinajstić information content (AvgIpc) is 3.03. The molecule has 0 spiro atoms. The van der Waals surface area contributed by atoms with Crippen molar-refractivity contribution in [2.75, 3.05) is 25.6 Å². The first-order valence-electron chi connectivity index (χ1n) is 14.5. The monoisotopic (exact) mass is 660 g/mol. The van der Waals surface area contributed by atoms with Crippen molar-refractivity contribution in [1.29, 1.82) is 0 Å². The largest absolute Gasteiger partial charge is 0.481 e. The molecule has 1 aliphatic rings. The van der Waals surface area contributed by atoms with Crippen LogP contribution in [0.25, 0.3) is 10.8 Å². The lowest BCUT2D eigenvalue weighted by molar-refractivity contribution is -0.152. The van der Waals surface area contributed by atoms with Crippen molar-refractivity contribution in [3.63, 3.8) is 0 Å². The summed E-state index contributed by atoms with van der Waals surface area (Å²) in [7, 11) is 0. The molecular formula is C30H37ClN6O9. The molecule has 1 heterocycles. The molecule has 1 fully saturated rings. The highest BCUT2D eigenvalue weighted by Gasteiger charge is 2.38. The third-order valence-electron chi connectivity index (χ3n) is 7.34. The van der Waals surface area contributed by atoms with E-state index in [0.29, 0.717) is 5.56 Å². The van der Waals surface area contributed by atoms with E-state index < -0.39 is 77.9 Å². The van der Waals surface area contributed by atoms with Crippen LogP contribution >= 0.6 is 11.6 Å². The van der Waals surface area contributed by atoms with E-state index in [1.54, 1.807) is 6.07 Å². The lowest BCUT2D eigenvalue weighted by atomic mass is 10.00. The molecule has 0 saturated carbocycles. The predicted molar refractivity (Wildman–Crippen MR) is 165 cm³/mol. The third kappa shape index (κ3) is 10.4. The van der Waals surface area contributed by atoms with E-state index in [4.69, 9.17) is 32.9 Å². The number of carbonyl (C=O) groups is 7. The number of alkyl halides is 1. The summed E-state index contributed by atoms with van der Waals surface area (Å²) < 4.78 is 5.46. The second-order valence-electron chi connectivity index (χ2n) is 10.7. The summed E-state index contributed by atoms with van der Waals surface area (Å²) in [5.74, 6) is -6.25. The molecule has 8 N–H and O–H groups in total. The lowest BCUT2D eigenvalue weighted by Gasteiger charge is -2.37. The number of aliphatic carboxylic acids is 1. The molecule has 0 aromatic heterocycles. The topological polar surface area (TPSA) is 240 Å². The number of amides is 6. The summed E-state index contributed by atoms with van der Waals surface area (Å²) in [6, 6.07) is 7.91. The summed E-state index contributed by atoms with van der Waals surface area (Å²) in [5, 5.41) is 18.5. The summed E-state index contributed by atoms with van der Waals surface area (Å²) in [5.41, 5.74) is 11.3. The molecule has 46 heavy (non-hydrogen) atoms. The van der Waals surface area contributed by atoms with Crippen LogP contribution < -0.4 is 27.4 Å². The quantitative estimate of drug-likeness (QED) is 0.120. The molecule has 1 saturated heterocycles. The number of nitrogens with one attached hydrogen (secondary N) is 3. The third-order valence-corrected chi connectivity index (χ3v) is 7.58. The van der Waals surface area contributed by atoms with E-state index in [-0.39, 0.29) is 45.4 Å². The number of hydrogen-bond acceptors (Lipinski definition) is 8. The second-order valence-corrected chi connectivity index (χ2v) is 11.0. The first-order chi connectivity index (χ1) is 21.9. The number of carboxylic acid groups (broad SMARTS) is 1. The summed E-state index contributed by atoms with van der Waals surface area (Å²) >= 11 is 5.58. The fourth-order valence-corrected chi connectivity index (χ4v) is 5.04. The number of ether oxygens (including phenoxy) is 1. The van der Waals surface area contributed by atoms with E-state index in [9.17, 15) is 33.6 Å². The number of nitrogens with zero attached hydrogens (tertiary/aromatic N) is 1. The maximum atomic E-state index is 13.7. The van der Waals surface area contributed by atoms with Gasteiger partial charge in [-0.2, -0.15) is 0 Å². The number of nitrogens with two attached hydrogens (primary N) is 2. The minimum absolute atomic E-state index is 0.0295. The molecule has 248 valence electrons. The van der Waals surface area contributed by atoms with Gasteiger partial charge < -0.3 is 42.2 Å². The van der Waals surface area contributed by atoms with Crippen molar-refractivity contribution < 1.29 is 43.4 Å². The number of primary amides is 2. The molecule has 3 unspecified atom stereocenters. The first-order valence-corrected chi connectivity index (χ1v) is 15.0. The van der Waals surface area contributed by atoms with Gasteiger partial charge in [0.2, 0.25) is 35.4 Å². The predicted octanol–water partition coefficient (Wildman–Crippen LogP) is -1.08. The van der Waals surface area contributed by atoms with Crippen molar-refractivity contribution in [1.82, 2.24) is 20.9 Å². The number of rotatable bonds is 16. The average molecular weight is 661 g/mol. The second kappa shape index (κ2) is 17.1. The van der Waals surface area contributed by atoms with E-state index >= 15 is 0 Å². The number of fused-ring (bicyclic) bond motifs is 1. The van der Waals surface area contributed by atoms with Gasteiger partial charge in [0, 0.05) is 25.8 Å². The fourth-order valence-electron chi connectivity index (χ4n) is 4.97. The standard InChI is InChI=1S/C30H37ClN6O9/c31-15-25(39)34-21(8-10-26(40)41)30(45)37-11-12-46-16-23(37)29(44)36-22(28(43)35-20(27(33)42)7-9-24(32)38)14-17-5-6-18-3-1-2-4-19(18)13-17/h1-6,13,20-23H,7-12,14-16H2,(H2,32,38)(H2,33,42)(H,34,39)(H,35,43)(H,36,44)(H,40,41)/t20?,21?,22?,23-/m0/s1. The van der Waals surface area contributed by atoms with Gasteiger partial charge in [0.25, 0.3) is 0 Å². The molecule has 6 amide bonds. The van der Waals surface area contributed by atoms with Gasteiger partial charge in [-0.15, -0.1) is 11.6 Å². The van der Waals surface area contributed by atoms with Crippen LogP contribution in [0.3, 0.4) is 0 Å². The Kier molecular flexibility index (Phi) is 13.3. The van der Waals surface area contributed by atoms with Gasteiger partial charge in [-0.25, -0.2) is 0 Å². The Morgan fingerprint density at radius 1 is 0.913 bits per heavy atom. The number of halogens is 1. The Morgan fingerprint density at radius 2 is 1.61 bits per heavy atom. The zero-order chi connectivity index (χ0) is 33.8. The highest BCUT2D eigenvalue weighted by atomic mass is 35.5. The van der Waals surface area contributed by atoms with Gasteiger partial charge in [-0.1, -0.05) is 42.5 Å². The van der Waals surface area contributed by atoms with Gasteiger partial charge in [0.05, 0.1) is 13.2 Å². The summed E-state index contributed by atoms with van der Waals surface area (Å²) in [4.78, 5) is 88.5. The molecule has 1 aliphatic heterocycles. The van der Waals surface area contributed by atoms with E-state index in [0.717, 1.165) is 15.7 Å². The molecule has 0 aliphatic carbocycles. The maximum absolute atomic E-state index is 13.7. The van der Waals surface area contributed by atoms with Crippen molar-refractivity contribution in [2.24, 2.45) is 11.5 Å². The van der Waals surface area contributed by atoms with E-state index in [1.807, 2.05) is 36.4 Å². The van der Waals surface area contributed by atoms with Gasteiger partial charge in [0.1, 0.15) is 30.0 Å². The van der Waals surface area contributed by atoms with Crippen LogP contribution in [-0.2, 0) is 44.7 Å². The van der Waals surface area contributed by atoms with Crippen LogP contribution in [0.1, 0.15) is 31.2 Å². The zero-order valence-electron chi connectivity index (χ0n) is 24.9. The number of morpholine rings is 1. The molecule has 2 aromatic rings. The number of benzene rings is 2. The Bertz CT molecular complexity index is 1470. The normalized spacial score (nSPS) is 16.5.